The molecule has 3 N–H and O–H groups in total. The summed E-state index contributed by atoms with van der Waals surface area (Å²) in [6.07, 6.45) is 1.57. The van der Waals surface area contributed by atoms with Crippen molar-refractivity contribution in [1.29, 1.82) is 0 Å². The Bertz CT molecular complexity index is 876. The van der Waals surface area contributed by atoms with Crippen LogP contribution in [0.5, 0.6) is 0 Å². The molecule has 33 heavy (non-hydrogen) atoms. The van der Waals surface area contributed by atoms with Crippen LogP contribution in [0.4, 0.5) is 0 Å². The van der Waals surface area contributed by atoms with Gasteiger partial charge < -0.3 is 15.4 Å². The third-order valence-corrected chi connectivity index (χ3v) is 8.15. The van der Waals surface area contributed by atoms with Crippen molar-refractivity contribution < 1.29 is 14.3 Å². The molecular weight excluding hydrogens is 438 g/mol. The molecule has 4 aliphatic rings. The molecule has 4 atom stereocenters. The van der Waals surface area contributed by atoms with Crippen molar-refractivity contribution in [3.8, 4) is 0 Å². The zero-order valence-corrected chi connectivity index (χ0v) is 19.7. The molecule has 4 aliphatic heterocycles. The summed E-state index contributed by atoms with van der Waals surface area (Å²) in [6.45, 7) is 6.45. The number of ether oxygens (including phenoxy) is 1. The molecule has 8 nitrogen and oxygen atoms in total. The molecule has 2 amide bonds. The van der Waals surface area contributed by atoms with Gasteiger partial charge in [-0.05, 0) is 29.4 Å². The van der Waals surface area contributed by atoms with Gasteiger partial charge in [-0.25, -0.2) is 0 Å². The molecule has 5 rings (SSSR count). The second-order valence-electron chi connectivity index (χ2n) is 9.13. The fraction of sp³-hybridized carbons (Fsp3) is 0.583. The maximum absolute atomic E-state index is 12.9. The highest BCUT2D eigenvalue weighted by atomic mass is 32.2. The second-order valence-corrected chi connectivity index (χ2v) is 10.1. The number of nitrogens with zero attached hydrogens (tertiary/aromatic N) is 2. The van der Waals surface area contributed by atoms with Crippen molar-refractivity contribution in [2.24, 2.45) is 5.92 Å². The zero-order chi connectivity index (χ0) is 22.6. The SMILES string of the molecule is O=C(NCCN1CCOCC1)C1CCCN(C2NC(=O)C3SC=C(c4ccccc4)C3N2)C1. The maximum Gasteiger partial charge on any atom is 0.237 e. The molecule has 0 radical (unpaired) electrons. The minimum atomic E-state index is -0.256. The lowest BCUT2D eigenvalue weighted by atomic mass is 9.94. The number of morpholine rings is 1. The molecule has 0 bridgehead atoms. The summed E-state index contributed by atoms with van der Waals surface area (Å²) < 4.78 is 5.38. The van der Waals surface area contributed by atoms with Crippen LogP contribution in [0.3, 0.4) is 0 Å². The van der Waals surface area contributed by atoms with E-state index in [4.69, 9.17) is 4.74 Å². The highest BCUT2D eigenvalue weighted by Gasteiger charge is 2.44. The Morgan fingerprint density at radius 3 is 2.82 bits per heavy atom. The number of carbonyl (C=O) groups excluding carboxylic acids is 2. The van der Waals surface area contributed by atoms with Crippen LogP contribution in [0.25, 0.3) is 5.57 Å². The molecule has 178 valence electrons. The van der Waals surface area contributed by atoms with E-state index in [0.29, 0.717) is 13.1 Å². The van der Waals surface area contributed by atoms with Crippen molar-refractivity contribution in [2.75, 3.05) is 52.5 Å². The number of amides is 2. The van der Waals surface area contributed by atoms with Crippen LogP contribution in [0, 0.1) is 5.92 Å². The average Bonchev–Trinajstić information content (AvgIpc) is 3.30. The Morgan fingerprint density at radius 1 is 1.18 bits per heavy atom. The van der Waals surface area contributed by atoms with Gasteiger partial charge in [0.25, 0.3) is 0 Å². The molecule has 0 aliphatic carbocycles. The first-order valence-electron chi connectivity index (χ1n) is 12.0. The van der Waals surface area contributed by atoms with Crippen LogP contribution in [-0.2, 0) is 14.3 Å². The quantitative estimate of drug-likeness (QED) is 0.562. The van der Waals surface area contributed by atoms with Crippen LogP contribution < -0.4 is 16.0 Å². The molecule has 4 unspecified atom stereocenters. The number of rotatable bonds is 6. The van der Waals surface area contributed by atoms with Crippen molar-refractivity contribution in [3.05, 3.63) is 41.3 Å². The summed E-state index contributed by atoms with van der Waals surface area (Å²) >= 11 is 1.58. The lowest BCUT2D eigenvalue weighted by Gasteiger charge is -2.43. The molecule has 0 aromatic heterocycles. The number of likely N-dealkylation sites (tertiary alicyclic amines) is 1. The minimum Gasteiger partial charge on any atom is -0.379 e. The van der Waals surface area contributed by atoms with Crippen molar-refractivity contribution in [3.63, 3.8) is 0 Å². The van der Waals surface area contributed by atoms with Crippen molar-refractivity contribution in [2.45, 2.75) is 30.4 Å². The lowest BCUT2D eigenvalue weighted by Crippen LogP contribution is -2.69. The van der Waals surface area contributed by atoms with Gasteiger partial charge in [-0.1, -0.05) is 30.3 Å². The van der Waals surface area contributed by atoms with Crippen LogP contribution >= 0.6 is 11.8 Å². The van der Waals surface area contributed by atoms with E-state index >= 15 is 0 Å². The Kier molecular flexibility index (Phi) is 7.32. The van der Waals surface area contributed by atoms with Crippen LogP contribution in [-0.4, -0.2) is 91.7 Å². The average molecular weight is 472 g/mol. The summed E-state index contributed by atoms with van der Waals surface area (Å²) in [7, 11) is 0. The van der Waals surface area contributed by atoms with Gasteiger partial charge >= 0.3 is 0 Å². The predicted molar refractivity (Wildman–Crippen MR) is 129 cm³/mol. The van der Waals surface area contributed by atoms with Crippen molar-refractivity contribution in [1.82, 2.24) is 25.8 Å². The fourth-order valence-electron chi connectivity index (χ4n) is 5.12. The zero-order valence-electron chi connectivity index (χ0n) is 18.9. The number of fused-ring (bicyclic) bond motifs is 1. The van der Waals surface area contributed by atoms with Crippen molar-refractivity contribution >= 4 is 29.1 Å². The first-order valence-corrected chi connectivity index (χ1v) is 12.9. The Morgan fingerprint density at radius 2 is 2.00 bits per heavy atom. The molecule has 3 fully saturated rings. The Hall–Kier alpha value is -1.91. The summed E-state index contributed by atoms with van der Waals surface area (Å²) in [6, 6.07) is 10.2. The Labute approximate surface area is 199 Å². The molecule has 9 heteroatoms. The molecule has 3 saturated heterocycles. The first kappa shape index (κ1) is 22.9. The van der Waals surface area contributed by atoms with Gasteiger partial charge in [0.15, 0.2) is 0 Å². The predicted octanol–water partition coefficient (Wildman–Crippen LogP) is 0.675. The van der Waals surface area contributed by atoms with Gasteiger partial charge in [0.2, 0.25) is 11.8 Å². The molecule has 4 heterocycles. The molecule has 1 aromatic carbocycles. The Balaban J connectivity index is 1.16. The van der Waals surface area contributed by atoms with E-state index in [0.717, 1.165) is 57.8 Å². The fourth-order valence-corrected chi connectivity index (χ4v) is 6.27. The van der Waals surface area contributed by atoms with E-state index < -0.39 is 0 Å². The lowest BCUT2D eigenvalue weighted by molar-refractivity contribution is -0.129. The number of benzene rings is 1. The van der Waals surface area contributed by atoms with Gasteiger partial charge in [0, 0.05) is 39.3 Å². The number of hydrogen-bond acceptors (Lipinski definition) is 7. The summed E-state index contributed by atoms with van der Waals surface area (Å²) in [5.41, 5.74) is 2.31. The monoisotopic (exact) mass is 471 g/mol. The standard InChI is InChI=1S/C24H33N5O3S/c30-22(25-8-10-28-11-13-32-14-12-28)18-7-4-9-29(15-18)24-26-20-19(17-5-2-1-3-6-17)16-33-21(20)23(31)27-24/h1-3,5-6,16,18,20-21,24,26H,4,7-15H2,(H,25,30)(H,27,31). The normalized spacial score (nSPS) is 30.9. The number of nitrogens with one attached hydrogen (secondary N) is 3. The largest absolute Gasteiger partial charge is 0.379 e. The molecule has 0 saturated carbocycles. The van der Waals surface area contributed by atoms with Gasteiger partial charge in [-0.15, -0.1) is 11.8 Å². The number of piperidine rings is 1. The van der Waals surface area contributed by atoms with Crippen LogP contribution in [0.15, 0.2) is 35.7 Å². The number of hydrogen-bond donors (Lipinski definition) is 3. The van der Waals surface area contributed by atoms with E-state index in [1.54, 1.807) is 11.8 Å². The summed E-state index contributed by atoms with van der Waals surface area (Å²) in [5, 5.41) is 11.9. The van der Waals surface area contributed by atoms with Crippen LogP contribution in [0.1, 0.15) is 18.4 Å². The highest BCUT2D eigenvalue weighted by Crippen LogP contribution is 2.38. The third kappa shape index (κ3) is 5.27. The summed E-state index contributed by atoms with van der Waals surface area (Å²) in [4.78, 5) is 30.3. The van der Waals surface area contributed by atoms with Crippen LogP contribution in [0.2, 0.25) is 0 Å². The van der Waals surface area contributed by atoms with Gasteiger partial charge in [-0.2, -0.15) is 0 Å². The smallest absolute Gasteiger partial charge is 0.237 e. The summed E-state index contributed by atoms with van der Waals surface area (Å²) in [5.74, 6) is 0.129. The molecule has 1 aromatic rings. The minimum absolute atomic E-state index is 0.0288. The van der Waals surface area contributed by atoms with Gasteiger partial charge in [0.1, 0.15) is 11.5 Å². The van der Waals surface area contributed by atoms with E-state index in [1.807, 2.05) is 18.2 Å². The second kappa shape index (κ2) is 10.6. The van der Waals surface area contributed by atoms with E-state index in [-0.39, 0.29) is 35.3 Å². The number of carbonyl (C=O) groups is 2. The van der Waals surface area contributed by atoms with E-state index in [9.17, 15) is 9.59 Å². The first-order chi connectivity index (χ1) is 16.2. The topological polar surface area (TPSA) is 85.9 Å². The number of thioether (sulfide) groups is 1. The van der Waals surface area contributed by atoms with E-state index in [2.05, 4.69) is 43.3 Å². The molecule has 0 spiro atoms. The maximum atomic E-state index is 12.9. The third-order valence-electron chi connectivity index (χ3n) is 6.98. The van der Waals surface area contributed by atoms with Gasteiger partial charge in [0.05, 0.1) is 25.2 Å². The molecular formula is C24H33N5O3S. The highest BCUT2D eigenvalue weighted by molar-refractivity contribution is 8.04. The van der Waals surface area contributed by atoms with E-state index in [1.165, 1.54) is 5.57 Å². The van der Waals surface area contributed by atoms with Gasteiger partial charge in [-0.3, -0.25) is 24.7 Å².